The number of Topliss-reactive ketones (excluding diaryl/α,β-unsaturated/α-hetero) is 2. The first kappa shape index (κ1) is 31.0. The van der Waals surface area contributed by atoms with Crippen molar-refractivity contribution in [3.63, 3.8) is 0 Å². The topological polar surface area (TPSA) is 155 Å². The van der Waals surface area contributed by atoms with Crippen molar-refractivity contribution in [3.8, 4) is 11.5 Å². The summed E-state index contributed by atoms with van der Waals surface area (Å²) in [4.78, 5) is 55.1. The normalized spacial score (nSPS) is 25.7. The number of carbonyl (C=O) groups excluding carboxylic acids is 4. The number of ether oxygens (including phenoxy) is 2. The van der Waals surface area contributed by atoms with Gasteiger partial charge in [0.1, 0.15) is 0 Å². The van der Waals surface area contributed by atoms with Gasteiger partial charge in [-0.1, -0.05) is 12.5 Å². The van der Waals surface area contributed by atoms with Crippen LogP contribution >= 0.6 is 0 Å². The Hall–Kier alpha value is -3.47. The number of likely N-dealkylation sites (tertiary alicyclic amines) is 1. The minimum absolute atomic E-state index is 0.0868. The molecule has 11 nitrogen and oxygen atoms in total. The van der Waals surface area contributed by atoms with Gasteiger partial charge in [0.15, 0.2) is 29.2 Å². The van der Waals surface area contributed by atoms with Crippen molar-refractivity contribution in [2.75, 3.05) is 26.7 Å². The van der Waals surface area contributed by atoms with Crippen LogP contribution in [0.5, 0.6) is 11.5 Å². The molecule has 43 heavy (non-hydrogen) atoms. The number of likely N-dealkylation sites (N-methyl/N-ethyl adjacent to an activating group) is 1. The van der Waals surface area contributed by atoms with E-state index in [-0.39, 0.29) is 35.1 Å². The lowest BCUT2D eigenvalue weighted by atomic mass is 9.52. The summed E-state index contributed by atoms with van der Waals surface area (Å²) in [5.74, 6) is 1.13. The molecule has 2 heterocycles. The second kappa shape index (κ2) is 12.6. The number of carbonyl (C=O) groups is 4. The van der Waals surface area contributed by atoms with Gasteiger partial charge in [0.05, 0.1) is 11.9 Å². The van der Waals surface area contributed by atoms with Gasteiger partial charge < -0.3 is 30.3 Å². The molecule has 0 radical (unpaired) electrons. The lowest BCUT2D eigenvalue weighted by molar-refractivity contribution is -0.138. The zero-order valence-corrected chi connectivity index (χ0v) is 25.6. The van der Waals surface area contributed by atoms with Gasteiger partial charge in [-0.15, -0.1) is 0 Å². The molecule has 1 saturated heterocycles. The monoisotopic (exact) mass is 595 g/mol. The average molecular weight is 596 g/mol. The standard InChI is InChI=1S/C32H45N5O6/c1-4-37(16-7-9-24(39)22(35-19(2)38)8-5-6-10-27(33)34)31(41)42-26-14-11-20-18-23-21-12-13-25(40)30-32(21,15-17-36(23)3)28(20)29(26)43-30/h11,14,21-23,30H,4-10,12-13,15-18H2,1-3H3,(H3,33,34)(H,35,38)/t21?,22-,23+,30?,32-/m0/s1. The number of amidine groups is 1. The SMILES string of the molecule is CCN(CCCC(=O)[C@H](CCCCC(=N)N)NC(C)=O)C(=O)Oc1ccc2c3c1OC1C(=O)CCC4[C@@H](C2)N(C)CC[C@]314. The van der Waals surface area contributed by atoms with E-state index in [0.29, 0.717) is 75.1 Å². The highest BCUT2D eigenvalue weighted by atomic mass is 16.6. The third-order valence-corrected chi connectivity index (χ3v) is 10.0. The quantitative estimate of drug-likeness (QED) is 0.179. The Kier molecular flexibility index (Phi) is 9.10. The molecule has 4 aliphatic rings. The first-order valence-corrected chi connectivity index (χ1v) is 15.7. The van der Waals surface area contributed by atoms with Gasteiger partial charge in [-0.25, -0.2) is 4.79 Å². The number of hydrogen-bond donors (Lipinski definition) is 3. The van der Waals surface area contributed by atoms with Gasteiger partial charge in [-0.2, -0.15) is 0 Å². The minimum Gasteiger partial charge on any atom is -0.477 e. The lowest BCUT2D eigenvalue weighted by Crippen LogP contribution is -2.65. The van der Waals surface area contributed by atoms with Crippen LogP contribution in [0.4, 0.5) is 4.79 Å². The number of piperidine rings is 1. The van der Waals surface area contributed by atoms with E-state index in [1.165, 1.54) is 12.5 Å². The fourth-order valence-corrected chi connectivity index (χ4v) is 7.97. The Balaban J connectivity index is 1.23. The van der Waals surface area contributed by atoms with Gasteiger partial charge in [0.25, 0.3) is 0 Å². The number of nitrogens with one attached hydrogen (secondary N) is 2. The van der Waals surface area contributed by atoms with Crippen LogP contribution in [-0.4, -0.2) is 84.1 Å². The van der Waals surface area contributed by atoms with Crippen molar-refractivity contribution in [1.82, 2.24) is 15.1 Å². The van der Waals surface area contributed by atoms with Gasteiger partial charge in [0.2, 0.25) is 5.91 Å². The summed E-state index contributed by atoms with van der Waals surface area (Å²) < 4.78 is 12.4. The Labute approximate surface area is 253 Å². The smallest absolute Gasteiger partial charge is 0.415 e. The Morgan fingerprint density at radius 2 is 2.05 bits per heavy atom. The van der Waals surface area contributed by atoms with Crippen LogP contribution in [-0.2, 0) is 26.2 Å². The van der Waals surface area contributed by atoms with Crippen molar-refractivity contribution < 1.29 is 28.7 Å². The molecular weight excluding hydrogens is 550 g/mol. The molecule has 5 rings (SSSR count). The predicted octanol–water partition coefficient (Wildman–Crippen LogP) is 3.10. The summed E-state index contributed by atoms with van der Waals surface area (Å²) >= 11 is 0. The molecule has 2 fully saturated rings. The summed E-state index contributed by atoms with van der Waals surface area (Å²) in [6.07, 6.45) is 5.00. The van der Waals surface area contributed by atoms with Crippen LogP contribution in [0.25, 0.3) is 0 Å². The average Bonchev–Trinajstić information content (AvgIpc) is 3.32. The Morgan fingerprint density at radius 1 is 1.26 bits per heavy atom. The second-order valence-electron chi connectivity index (χ2n) is 12.6. The minimum atomic E-state index is -0.600. The van der Waals surface area contributed by atoms with Crippen LogP contribution in [0.1, 0.15) is 82.8 Å². The number of nitrogens with two attached hydrogens (primary N) is 1. The highest BCUT2D eigenvalue weighted by Gasteiger charge is 2.65. The Bertz CT molecular complexity index is 1300. The molecule has 0 aromatic heterocycles. The highest BCUT2D eigenvalue weighted by molar-refractivity contribution is 5.90. The molecule has 1 aromatic carbocycles. The maximum absolute atomic E-state index is 13.3. The Morgan fingerprint density at radius 3 is 2.77 bits per heavy atom. The lowest BCUT2D eigenvalue weighted by Gasteiger charge is -2.57. The fraction of sp³-hybridized carbons (Fsp3) is 0.656. The van der Waals surface area contributed by atoms with Crippen molar-refractivity contribution in [2.45, 2.75) is 102 Å². The molecule has 5 atom stereocenters. The molecule has 11 heteroatoms. The van der Waals surface area contributed by atoms with Crippen LogP contribution in [0, 0.1) is 11.3 Å². The van der Waals surface area contributed by atoms with Crippen molar-refractivity contribution in [2.24, 2.45) is 11.7 Å². The molecule has 2 aliphatic heterocycles. The third-order valence-electron chi connectivity index (χ3n) is 10.0. The van der Waals surface area contributed by atoms with E-state index < -0.39 is 18.2 Å². The van der Waals surface area contributed by atoms with E-state index in [1.54, 1.807) is 11.0 Å². The van der Waals surface area contributed by atoms with E-state index in [2.05, 4.69) is 17.3 Å². The molecule has 234 valence electrons. The summed E-state index contributed by atoms with van der Waals surface area (Å²) in [6, 6.07) is 3.60. The van der Waals surface area contributed by atoms with Crippen LogP contribution < -0.4 is 20.5 Å². The van der Waals surface area contributed by atoms with Crippen molar-refractivity contribution in [1.29, 1.82) is 5.41 Å². The molecule has 2 unspecified atom stereocenters. The molecule has 1 aromatic rings. The number of ketones is 2. The van der Waals surface area contributed by atoms with Crippen molar-refractivity contribution in [3.05, 3.63) is 23.3 Å². The summed E-state index contributed by atoms with van der Waals surface area (Å²) in [5, 5.41) is 10.1. The number of benzene rings is 1. The first-order chi connectivity index (χ1) is 20.6. The summed E-state index contributed by atoms with van der Waals surface area (Å²) in [6.45, 7) is 4.86. The highest BCUT2D eigenvalue weighted by Crippen LogP contribution is 2.63. The van der Waals surface area contributed by atoms with Gasteiger partial charge in [-0.3, -0.25) is 19.8 Å². The number of hydrogen-bond acceptors (Lipinski definition) is 8. The second-order valence-corrected chi connectivity index (χ2v) is 12.6. The number of amides is 2. The zero-order chi connectivity index (χ0) is 30.9. The predicted molar refractivity (Wildman–Crippen MR) is 161 cm³/mol. The molecule has 1 saturated carbocycles. The van der Waals surface area contributed by atoms with Crippen molar-refractivity contribution >= 4 is 29.4 Å². The van der Waals surface area contributed by atoms with Crippen LogP contribution in [0.2, 0.25) is 0 Å². The number of nitrogens with zero attached hydrogens (tertiary/aromatic N) is 2. The van der Waals surface area contributed by atoms with E-state index >= 15 is 0 Å². The molecule has 2 amide bonds. The van der Waals surface area contributed by atoms with Gasteiger partial charge in [0, 0.05) is 56.3 Å². The maximum atomic E-state index is 13.3. The molecule has 1 spiro atoms. The molecule has 4 N–H and O–H groups in total. The van der Waals surface area contributed by atoms with E-state index in [0.717, 1.165) is 31.4 Å². The zero-order valence-electron chi connectivity index (χ0n) is 25.6. The van der Waals surface area contributed by atoms with E-state index in [4.69, 9.17) is 20.6 Å². The molecule has 2 aliphatic carbocycles. The first-order valence-electron chi connectivity index (χ1n) is 15.7. The largest absolute Gasteiger partial charge is 0.477 e. The summed E-state index contributed by atoms with van der Waals surface area (Å²) in [5.41, 5.74) is 7.32. The number of rotatable bonds is 13. The molecular formula is C32H45N5O6. The van der Waals surface area contributed by atoms with Crippen LogP contribution in [0.15, 0.2) is 12.1 Å². The number of unbranched alkanes of at least 4 members (excludes halogenated alkanes) is 1. The van der Waals surface area contributed by atoms with Gasteiger partial charge in [-0.05, 0) is 76.6 Å². The van der Waals surface area contributed by atoms with Crippen LogP contribution in [0.3, 0.4) is 0 Å². The summed E-state index contributed by atoms with van der Waals surface area (Å²) in [7, 11) is 2.17. The van der Waals surface area contributed by atoms with E-state index in [9.17, 15) is 19.2 Å². The molecule has 2 bridgehead atoms. The third kappa shape index (κ3) is 5.88. The van der Waals surface area contributed by atoms with E-state index in [1.807, 2.05) is 13.0 Å². The maximum Gasteiger partial charge on any atom is 0.415 e. The fourth-order valence-electron chi connectivity index (χ4n) is 7.97. The van der Waals surface area contributed by atoms with Gasteiger partial charge >= 0.3 is 6.09 Å².